The van der Waals surface area contributed by atoms with Crippen molar-refractivity contribution in [2.45, 2.75) is 79.1 Å². The minimum absolute atomic E-state index is 0. The van der Waals surface area contributed by atoms with Crippen LogP contribution in [0.4, 0.5) is 11.4 Å². The molecular weight excluding hydrogens is 733 g/mol. The van der Waals surface area contributed by atoms with Crippen LogP contribution in [0.3, 0.4) is 0 Å². The van der Waals surface area contributed by atoms with Crippen molar-refractivity contribution in [2.24, 2.45) is 0 Å². The minimum Gasteiger partial charge on any atom is -0.657 e. The second-order valence-corrected chi connectivity index (χ2v) is 12.9. The van der Waals surface area contributed by atoms with E-state index in [1.807, 2.05) is 36.4 Å². The first-order valence-electron chi connectivity index (χ1n) is 15.8. The molecule has 4 nitrogen and oxygen atoms in total. The molecule has 5 heteroatoms. The maximum atomic E-state index is 8.84. The Morgan fingerprint density at radius 2 is 1.02 bits per heavy atom. The molecule has 0 N–H and O–H groups in total. The summed E-state index contributed by atoms with van der Waals surface area (Å²) in [7, 11) is 0. The second kappa shape index (κ2) is 14.6. The second-order valence-electron chi connectivity index (χ2n) is 12.9. The predicted molar refractivity (Wildman–Crippen MR) is 187 cm³/mol. The molecule has 0 aliphatic carbocycles. The Labute approximate surface area is 285 Å². The van der Waals surface area contributed by atoms with Gasteiger partial charge >= 0.3 is 0 Å². The van der Waals surface area contributed by atoms with Crippen molar-refractivity contribution in [3.8, 4) is 6.07 Å². The number of hydrogen-bond donors (Lipinski definition) is 0. The third-order valence-electron chi connectivity index (χ3n) is 8.40. The third-order valence-corrected chi connectivity index (χ3v) is 8.40. The van der Waals surface area contributed by atoms with Gasteiger partial charge in [-0.1, -0.05) is 122 Å². The van der Waals surface area contributed by atoms with Gasteiger partial charge in [0, 0.05) is 33.8 Å². The van der Waals surface area contributed by atoms with Gasteiger partial charge in [0.15, 0.2) is 0 Å². The van der Waals surface area contributed by atoms with E-state index in [0.29, 0.717) is 29.2 Å². The zero-order chi connectivity index (χ0) is 31.5. The molecule has 237 valence electrons. The Morgan fingerprint density at radius 1 is 0.578 bits per heavy atom. The molecule has 0 fully saturated rings. The molecule has 4 aromatic carbocycles. The summed E-state index contributed by atoms with van der Waals surface area (Å²) in [5, 5.41) is 11.0. The van der Waals surface area contributed by atoms with Crippen LogP contribution in [0.15, 0.2) is 91.3 Å². The van der Waals surface area contributed by atoms with Gasteiger partial charge in [0.05, 0.1) is 11.6 Å². The van der Waals surface area contributed by atoms with Crippen LogP contribution in [0.1, 0.15) is 107 Å². The molecule has 1 aliphatic heterocycles. The molecule has 1 aromatic heterocycles. The first-order chi connectivity index (χ1) is 21.1. The van der Waals surface area contributed by atoms with Gasteiger partial charge < -0.3 is 14.8 Å². The van der Waals surface area contributed by atoms with Gasteiger partial charge in [-0.15, -0.1) is 17.7 Å². The Balaban J connectivity index is 0.000000240. The van der Waals surface area contributed by atoms with Crippen LogP contribution in [-0.2, 0) is 22.4 Å². The minimum atomic E-state index is 0. The van der Waals surface area contributed by atoms with Crippen LogP contribution < -0.4 is 14.8 Å². The van der Waals surface area contributed by atoms with Crippen LogP contribution in [0, 0.1) is 18.0 Å². The van der Waals surface area contributed by atoms with Gasteiger partial charge in [-0.3, -0.25) is 0 Å². The largest absolute Gasteiger partial charge is 0.657 e. The number of para-hydroxylation sites is 3. The number of hydrogen-bond acceptors (Lipinski definition) is 3. The van der Waals surface area contributed by atoms with Crippen LogP contribution in [0.5, 0.6) is 0 Å². The van der Waals surface area contributed by atoms with Crippen LogP contribution in [0.2, 0.25) is 0 Å². The fraction of sp³-hybridized carbons (Fsp3) is 0.300. The molecule has 1 aliphatic rings. The van der Waals surface area contributed by atoms with E-state index >= 15 is 0 Å². The van der Waals surface area contributed by atoms with E-state index in [9.17, 15) is 0 Å². The third kappa shape index (κ3) is 7.07. The fourth-order valence-corrected chi connectivity index (χ4v) is 6.09. The summed E-state index contributed by atoms with van der Waals surface area (Å²) in [5.74, 6) is 1.92. The number of fused-ring (bicyclic) bond motifs is 3. The Hall–Kier alpha value is -3.75. The number of rotatable bonds is 6. The SMILES string of the molecule is CC(C)c1cccc(C(C)C)c1N1C=CN(c2c(C(C)C)cccc2C(C)C)[CH-]1.N#Cc1ccc2[n-]c3ccccc3c2c1.[Au]. The van der Waals surface area contributed by atoms with Crippen molar-refractivity contribution >= 4 is 33.2 Å². The van der Waals surface area contributed by atoms with Gasteiger partial charge in [-0.25, -0.2) is 0 Å². The number of nitrogens with zero attached hydrogens (tertiary/aromatic N) is 4. The first-order valence-corrected chi connectivity index (χ1v) is 15.8. The molecule has 1 radical (unpaired) electrons. The maximum absolute atomic E-state index is 8.84. The molecule has 0 saturated carbocycles. The first kappa shape index (κ1) is 34.1. The maximum Gasteiger partial charge on any atom is 0.0991 e. The summed E-state index contributed by atoms with van der Waals surface area (Å²) < 4.78 is 0. The van der Waals surface area contributed by atoms with Gasteiger partial charge in [0.2, 0.25) is 0 Å². The van der Waals surface area contributed by atoms with E-state index < -0.39 is 0 Å². The molecule has 6 rings (SSSR count). The molecule has 2 heterocycles. The van der Waals surface area contributed by atoms with Gasteiger partial charge in [0.25, 0.3) is 0 Å². The zero-order valence-electron chi connectivity index (χ0n) is 27.6. The molecule has 45 heavy (non-hydrogen) atoms. The van der Waals surface area contributed by atoms with Crippen molar-refractivity contribution in [3.63, 3.8) is 0 Å². The van der Waals surface area contributed by atoms with E-state index in [1.54, 1.807) is 6.07 Å². The Kier molecular flexibility index (Phi) is 11.0. The van der Waals surface area contributed by atoms with Crippen molar-refractivity contribution in [3.05, 3.63) is 126 Å². The fourth-order valence-electron chi connectivity index (χ4n) is 6.09. The van der Waals surface area contributed by atoms with Crippen LogP contribution >= 0.6 is 0 Å². The molecular formula is C40H44AuN4-2. The van der Waals surface area contributed by atoms with Gasteiger partial charge in [0.1, 0.15) is 0 Å². The van der Waals surface area contributed by atoms with E-state index in [4.69, 9.17) is 5.26 Å². The summed E-state index contributed by atoms with van der Waals surface area (Å²) in [5.41, 5.74) is 10.9. The topological polar surface area (TPSA) is 44.4 Å². The molecule has 0 spiro atoms. The van der Waals surface area contributed by atoms with E-state index in [-0.39, 0.29) is 22.4 Å². The van der Waals surface area contributed by atoms with Gasteiger partial charge in [-0.05, 0) is 81.2 Å². The Bertz CT molecular complexity index is 1710. The van der Waals surface area contributed by atoms with Crippen molar-refractivity contribution in [2.75, 3.05) is 9.80 Å². The molecule has 0 amide bonds. The number of benzene rings is 4. The van der Waals surface area contributed by atoms with E-state index in [0.717, 1.165) is 21.8 Å². The Morgan fingerprint density at radius 3 is 1.47 bits per heavy atom. The summed E-state index contributed by atoms with van der Waals surface area (Å²) in [6, 6.07) is 29.2. The molecule has 0 saturated heterocycles. The molecule has 0 atom stereocenters. The number of aromatic nitrogens is 1. The van der Waals surface area contributed by atoms with Crippen LogP contribution in [0.25, 0.3) is 21.8 Å². The number of anilines is 2. The monoisotopic (exact) mass is 777 g/mol. The standard InChI is InChI=1S/C27H37N2.C13H7N2.Au/c1-18(2)22-11-9-12-23(19(3)4)26(22)28-15-16-29(17-28)27-24(20(5)6)13-10-14-25(27)21(7)8;14-8-9-5-6-13-11(7-9)10-3-1-2-4-12(10)15-13;/h9-21H,1-8H3;1-7H;/q2*-1;. The van der Waals surface area contributed by atoms with Crippen molar-refractivity contribution < 1.29 is 22.4 Å². The summed E-state index contributed by atoms with van der Waals surface area (Å²) in [4.78, 5) is 9.13. The van der Waals surface area contributed by atoms with Crippen molar-refractivity contribution in [1.29, 1.82) is 5.26 Å². The average molecular weight is 778 g/mol. The molecule has 0 bridgehead atoms. The van der Waals surface area contributed by atoms with Crippen LogP contribution in [-0.4, -0.2) is 0 Å². The van der Waals surface area contributed by atoms with E-state index in [1.165, 1.54) is 33.6 Å². The van der Waals surface area contributed by atoms with Crippen molar-refractivity contribution in [1.82, 2.24) is 4.98 Å². The summed E-state index contributed by atoms with van der Waals surface area (Å²) in [6.07, 6.45) is 4.43. The zero-order valence-corrected chi connectivity index (χ0v) is 29.8. The quantitative estimate of drug-likeness (QED) is 0.127. The molecule has 0 unspecified atom stereocenters. The normalized spacial score (nSPS) is 12.8. The molecule has 5 aromatic rings. The predicted octanol–water partition coefficient (Wildman–Crippen LogP) is 10.9. The smallest absolute Gasteiger partial charge is 0.0991 e. The summed E-state index contributed by atoms with van der Waals surface area (Å²) in [6.45, 7) is 20.5. The summed E-state index contributed by atoms with van der Waals surface area (Å²) >= 11 is 0. The van der Waals surface area contributed by atoms with E-state index in [2.05, 4.69) is 132 Å². The van der Waals surface area contributed by atoms with Gasteiger partial charge in [-0.2, -0.15) is 5.26 Å². The number of nitriles is 1. The average Bonchev–Trinajstić information content (AvgIpc) is 3.65.